The van der Waals surface area contributed by atoms with E-state index in [0.717, 1.165) is 41.8 Å². The van der Waals surface area contributed by atoms with Crippen molar-refractivity contribution in [2.75, 3.05) is 19.6 Å². The third-order valence-electron chi connectivity index (χ3n) is 4.23. The van der Waals surface area contributed by atoms with E-state index in [1.54, 1.807) is 0 Å². The van der Waals surface area contributed by atoms with E-state index < -0.39 is 0 Å². The number of para-hydroxylation sites is 1. The molecule has 1 aliphatic rings. The van der Waals surface area contributed by atoms with Crippen LogP contribution in [0.4, 0.5) is 0 Å². The van der Waals surface area contributed by atoms with Gasteiger partial charge >= 0.3 is 0 Å². The molecule has 1 aromatic carbocycles. The summed E-state index contributed by atoms with van der Waals surface area (Å²) in [6.07, 6.45) is 0. The fourth-order valence-corrected chi connectivity index (χ4v) is 2.95. The van der Waals surface area contributed by atoms with Crippen molar-refractivity contribution in [1.29, 1.82) is 0 Å². The molecule has 21 heavy (non-hydrogen) atoms. The van der Waals surface area contributed by atoms with E-state index in [2.05, 4.69) is 37.1 Å². The molecule has 3 rings (SSSR count). The van der Waals surface area contributed by atoms with Crippen LogP contribution in [0.25, 0.3) is 10.9 Å². The normalized spacial score (nSPS) is 18.6. The first-order chi connectivity index (χ1) is 9.58. The number of aromatic nitrogens is 1. The molecule has 0 aliphatic carbocycles. The number of amides is 1. The predicted octanol–water partition coefficient (Wildman–Crippen LogP) is 2.64. The first kappa shape index (κ1) is 15.9. The number of rotatable bonds is 1. The van der Waals surface area contributed by atoms with Crippen LogP contribution in [0.5, 0.6) is 0 Å². The average Bonchev–Trinajstić information content (AvgIpc) is 2.74. The van der Waals surface area contributed by atoms with Crippen molar-refractivity contribution < 1.29 is 4.79 Å². The average molecular weight is 308 g/mol. The van der Waals surface area contributed by atoms with E-state index in [1.165, 1.54) is 5.56 Å². The van der Waals surface area contributed by atoms with Gasteiger partial charge in [0.15, 0.2) is 0 Å². The van der Waals surface area contributed by atoms with Gasteiger partial charge in [-0.2, -0.15) is 0 Å². The van der Waals surface area contributed by atoms with Gasteiger partial charge in [0.05, 0.1) is 11.1 Å². The Morgan fingerprint density at radius 2 is 2.10 bits per heavy atom. The molecule has 0 radical (unpaired) electrons. The number of piperazine rings is 1. The number of halogens is 1. The van der Waals surface area contributed by atoms with Gasteiger partial charge in [0.2, 0.25) is 0 Å². The Balaban J connectivity index is 0.00000161. The van der Waals surface area contributed by atoms with Crippen LogP contribution < -0.4 is 5.32 Å². The Bertz CT molecular complexity index is 665. The number of carbonyl (C=O) groups is 1. The maximum absolute atomic E-state index is 12.8. The van der Waals surface area contributed by atoms with Crippen LogP contribution in [0.15, 0.2) is 18.2 Å². The first-order valence-electron chi connectivity index (χ1n) is 7.18. The molecule has 0 bridgehead atoms. The second kappa shape index (κ2) is 6.08. The van der Waals surface area contributed by atoms with Gasteiger partial charge in [-0.05, 0) is 32.4 Å². The molecule has 2 heterocycles. The molecular formula is C16H22ClN3O. The number of fused-ring (bicyclic) bond motifs is 1. The SMILES string of the molecule is Cc1[nH]c2c(C(=O)N3CCN[C@H](C)C3)cccc2c1C.Cl. The van der Waals surface area contributed by atoms with E-state index in [1.807, 2.05) is 17.0 Å². The fourth-order valence-electron chi connectivity index (χ4n) is 2.95. The molecule has 1 atom stereocenters. The molecule has 5 heteroatoms. The maximum atomic E-state index is 12.8. The lowest BCUT2D eigenvalue weighted by molar-refractivity contribution is 0.0711. The van der Waals surface area contributed by atoms with Gasteiger partial charge in [0, 0.05) is 36.8 Å². The summed E-state index contributed by atoms with van der Waals surface area (Å²) in [4.78, 5) is 18.1. The smallest absolute Gasteiger partial charge is 0.256 e. The summed E-state index contributed by atoms with van der Waals surface area (Å²) in [7, 11) is 0. The van der Waals surface area contributed by atoms with E-state index >= 15 is 0 Å². The van der Waals surface area contributed by atoms with E-state index in [-0.39, 0.29) is 18.3 Å². The molecule has 1 aromatic heterocycles. The molecule has 114 valence electrons. The lowest BCUT2D eigenvalue weighted by Gasteiger charge is -2.32. The van der Waals surface area contributed by atoms with Crippen molar-refractivity contribution in [1.82, 2.24) is 15.2 Å². The molecule has 1 aliphatic heterocycles. The van der Waals surface area contributed by atoms with Crippen LogP contribution in [0, 0.1) is 13.8 Å². The van der Waals surface area contributed by atoms with E-state index in [0.29, 0.717) is 6.04 Å². The van der Waals surface area contributed by atoms with Crippen LogP contribution in [0.3, 0.4) is 0 Å². The molecule has 1 amide bonds. The lowest BCUT2D eigenvalue weighted by atomic mass is 10.1. The van der Waals surface area contributed by atoms with Crippen LogP contribution in [0.2, 0.25) is 0 Å². The summed E-state index contributed by atoms with van der Waals surface area (Å²) in [5.41, 5.74) is 4.11. The van der Waals surface area contributed by atoms with E-state index in [4.69, 9.17) is 0 Å². The standard InChI is InChI=1S/C16H21N3O.ClH/c1-10-9-19(8-7-17-10)16(20)14-6-4-5-13-11(2)12(3)18-15(13)14;/h4-6,10,17-18H,7-9H2,1-3H3;1H/t10-;/m1./s1. The molecule has 2 N–H and O–H groups in total. The highest BCUT2D eigenvalue weighted by molar-refractivity contribution is 6.06. The number of H-pyrrole nitrogens is 1. The van der Waals surface area contributed by atoms with Gasteiger partial charge in [0.1, 0.15) is 0 Å². The minimum atomic E-state index is 0. The Morgan fingerprint density at radius 3 is 2.81 bits per heavy atom. The molecule has 0 saturated carbocycles. The fraction of sp³-hybridized carbons (Fsp3) is 0.438. The van der Waals surface area contributed by atoms with Crippen molar-refractivity contribution in [2.45, 2.75) is 26.8 Å². The highest BCUT2D eigenvalue weighted by Gasteiger charge is 2.23. The van der Waals surface area contributed by atoms with Gasteiger partial charge in [0.25, 0.3) is 5.91 Å². The number of benzene rings is 1. The summed E-state index contributed by atoms with van der Waals surface area (Å²) in [5.74, 6) is 0.130. The van der Waals surface area contributed by atoms with Crippen molar-refractivity contribution in [3.63, 3.8) is 0 Å². The summed E-state index contributed by atoms with van der Waals surface area (Å²) < 4.78 is 0. The van der Waals surface area contributed by atoms with Crippen molar-refractivity contribution in [3.8, 4) is 0 Å². The summed E-state index contributed by atoms with van der Waals surface area (Å²) in [6, 6.07) is 6.33. The largest absolute Gasteiger partial charge is 0.358 e. The number of hydrogen-bond acceptors (Lipinski definition) is 2. The number of nitrogens with zero attached hydrogens (tertiary/aromatic N) is 1. The zero-order chi connectivity index (χ0) is 14.3. The van der Waals surface area contributed by atoms with Crippen LogP contribution >= 0.6 is 12.4 Å². The molecule has 4 nitrogen and oxygen atoms in total. The number of aromatic amines is 1. The Kier molecular flexibility index (Phi) is 4.59. The minimum Gasteiger partial charge on any atom is -0.358 e. The number of nitrogens with one attached hydrogen (secondary N) is 2. The molecule has 1 saturated heterocycles. The molecule has 1 fully saturated rings. The zero-order valence-electron chi connectivity index (χ0n) is 12.7. The third-order valence-corrected chi connectivity index (χ3v) is 4.23. The van der Waals surface area contributed by atoms with Gasteiger partial charge in [-0.3, -0.25) is 4.79 Å². The summed E-state index contributed by atoms with van der Waals surface area (Å²) in [6.45, 7) is 8.67. The number of hydrogen-bond donors (Lipinski definition) is 2. The van der Waals surface area contributed by atoms with E-state index in [9.17, 15) is 4.79 Å². The Hall–Kier alpha value is -1.52. The van der Waals surface area contributed by atoms with Crippen molar-refractivity contribution in [2.24, 2.45) is 0 Å². The zero-order valence-corrected chi connectivity index (χ0v) is 13.5. The second-order valence-corrected chi connectivity index (χ2v) is 5.71. The second-order valence-electron chi connectivity index (χ2n) is 5.71. The predicted molar refractivity (Wildman–Crippen MR) is 88.4 cm³/mol. The summed E-state index contributed by atoms with van der Waals surface area (Å²) >= 11 is 0. The van der Waals surface area contributed by atoms with Crippen molar-refractivity contribution >= 4 is 29.2 Å². The van der Waals surface area contributed by atoms with Gasteiger partial charge < -0.3 is 15.2 Å². The van der Waals surface area contributed by atoms with Crippen LogP contribution in [0.1, 0.15) is 28.5 Å². The lowest BCUT2D eigenvalue weighted by Crippen LogP contribution is -2.51. The Labute approximate surface area is 131 Å². The molecule has 0 spiro atoms. The van der Waals surface area contributed by atoms with Gasteiger partial charge in [-0.25, -0.2) is 0 Å². The van der Waals surface area contributed by atoms with Crippen LogP contribution in [-0.2, 0) is 0 Å². The maximum Gasteiger partial charge on any atom is 0.256 e. The molecular weight excluding hydrogens is 286 g/mol. The Morgan fingerprint density at radius 1 is 1.33 bits per heavy atom. The topological polar surface area (TPSA) is 48.1 Å². The van der Waals surface area contributed by atoms with Crippen LogP contribution in [-0.4, -0.2) is 41.5 Å². The quantitative estimate of drug-likeness (QED) is 0.851. The molecule has 2 aromatic rings. The number of carbonyl (C=O) groups excluding carboxylic acids is 1. The molecule has 0 unspecified atom stereocenters. The number of aryl methyl sites for hydroxylation is 2. The first-order valence-corrected chi connectivity index (χ1v) is 7.18. The third kappa shape index (κ3) is 2.78. The van der Waals surface area contributed by atoms with Gasteiger partial charge in [-0.1, -0.05) is 12.1 Å². The van der Waals surface area contributed by atoms with Crippen molar-refractivity contribution in [3.05, 3.63) is 35.0 Å². The monoisotopic (exact) mass is 307 g/mol. The highest BCUT2D eigenvalue weighted by atomic mass is 35.5. The summed E-state index contributed by atoms with van der Waals surface area (Å²) in [5, 5.41) is 4.52. The minimum absolute atomic E-state index is 0. The van der Waals surface area contributed by atoms with Gasteiger partial charge in [-0.15, -0.1) is 12.4 Å². The highest BCUT2D eigenvalue weighted by Crippen LogP contribution is 2.25.